The van der Waals surface area contributed by atoms with Crippen molar-refractivity contribution < 1.29 is 4.74 Å². The molecule has 1 aliphatic heterocycles. The number of nitrogens with zero attached hydrogens (tertiary/aromatic N) is 1. The Kier molecular flexibility index (Phi) is 2.54. The van der Waals surface area contributed by atoms with Crippen LogP contribution in [-0.2, 0) is 5.41 Å². The third kappa shape index (κ3) is 1.61. The van der Waals surface area contributed by atoms with Crippen molar-refractivity contribution in [1.29, 1.82) is 0 Å². The Balaban J connectivity index is 1.99. The minimum atomic E-state index is 0.144. The van der Waals surface area contributed by atoms with Gasteiger partial charge in [-0.3, -0.25) is 4.99 Å². The Bertz CT molecular complexity index is 449. The van der Waals surface area contributed by atoms with Crippen molar-refractivity contribution in [1.82, 2.24) is 5.32 Å². The van der Waals surface area contributed by atoms with Crippen LogP contribution >= 0.6 is 0 Å². The fourth-order valence-corrected chi connectivity index (χ4v) is 2.83. The summed E-state index contributed by atoms with van der Waals surface area (Å²) in [5.74, 6) is 2.13. The van der Waals surface area contributed by atoms with Crippen molar-refractivity contribution >= 4 is 5.84 Å². The predicted octanol–water partition coefficient (Wildman–Crippen LogP) is 2.12. The molecule has 0 spiro atoms. The molecule has 0 unspecified atom stereocenters. The largest absolute Gasteiger partial charge is 0.497 e. The van der Waals surface area contributed by atoms with E-state index < -0.39 is 0 Å². The summed E-state index contributed by atoms with van der Waals surface area (Å²) in [4.78, 5) is 4.63. The van der Waals surface area contributed by atoms with Gasteiger partial charge in [-0.15, -0.1) is 0 Å². The first-order valence-corrected chi connectivity index (χ1v) is 6.28. The van der Waals surface area contributed by atoms with Crippen molar-refractivity contribution in [3.8, 4) is 5.75 Å². The Morgan fingerprint density at radius 2 is 2.24 bits per heavy atom. The number of ether oxygens (including phenoxy) is 1. The number of methoxy groups -OCH3 is 1. The van der Waals surface area contributed by atoms with Crippen molar-refractivity contribution in [2.45, 2.75) is 24.7 Å². The highest BCUT2D eigenvalue weighted by molar-refractivity contribution is 5.95. The third-order valence-electron chi connectivity index (χ3n) is 3.96. The van der Waals surface area contributed by atoms with Crippen LogP contribution in [0.25, 0.3) is 0 Å². The van der Waals surface area contributed by atoms with Crippen molar-refractivity contribution in [2.24, 2.45) is 4.99 Å². The molecule has 0 radical (unpaired) electrons. The fraction of sp³-hybridized carbons (Fsp3) is 0.500. The van der Waals surface area contributed by atoms with E-state index in [-0.39, 0.29) is 5.41 Å². The molecule has 0 saturated heterocycles. The normalized spacial score (nSPS) is 21.4. The zero-order chi connectivity index (χ0) is 11.7. The van der Waals surface area contributed by atoms with Crippen molar-refractivity contribution in [2.75, 3.05) is 20.2 Å². The topological polar surface area (TPSA) is 33.6 Å². The lowest BCUT2D eigenvalue weighted by atomic mass is 9.63. The Morgan fingerprint density at radius 1 is 1.35 bits per heavy atom. The summed E-state index contributed by atoms with van der Waals surface area (Å²) in [6, 6.07) is 8.43. The maximum atomic E-state index is 5.32. The summed E-state index contributed by atoms with van der Waals surface area (Å²) in [7, 11) is 1.72. The zero-order valence-corrected chi connectivity index (χ0v) is 10.2. The van der Waals surface area contributed by atoms with Crippen molar-refractivity contribution in [3.05, 3.63) is 29.8 Å². The number of amidine groups is 1. The molecule has 1 aromatic rings. The van der Waals surface area contributed by atoms with E-state index in [1.807, 2.05) is 6.07 Å². The second kappa shape index (κ2) is 4.06. The lowest BCUT2D eigenvalue weighted by Gasteiger charge is -2.42. The zero-order valence-electron chi connectivity index (χ0n) is 10.2. The quantitative estimate of drug-likeness (QED) is 0.863. The summed E-state index contributed by atoms with van der Waals surface area (Å²) < 4.78 is 5.32. The highest BCUT2D eigenvalue weighted by atomic mass is 16.5. The maximum absolute atomic E-state index is 5.32. The van der Waals surface area contributed by atoms with Crippen LogP contribution in [-0.4, -0.2) is 26.0 Å². The van der Waals surface area contributed by atoms with E-state index >= 15 is 0 Å². The molecule has 3 heteroatoms. The van der Waals surface area contributed by atoms with Gasteiger partial charge in [0.1, 0.15) is 11.6 Å². The smallest absolute Gasteiger partial charge is 0.119 e. The molecule has 1 fully saturated rings. The Hall–Kier alpha value is -1.51. The van der Waals surface area contributed by atoms with Gasteiger partial charge in [0.15, 0.2) is 0 Å². The summed E-state index contributed by atoms with van der Waals surface area (Å²) in [6.07, 6.45) is 3.69. The molecule has 17 heavy (non-hydrogen) atoms. The summed E-state index contributed by atoms with van der Waals surface area (Å²) in [5.41, 5.74) is 1.49. The van der Waals surface area contributed by atoms with Gasteiger partial charge >= 0.3 is 0 Å². The van der Waals surface area contributed by atoms with Gasteiger partial charge in [-0.1, -0.05) is 18.6 Å². The third-order valence-corrected chi connectivity index (χ3v) is 3.96. The number of rotatable bonds is 3. The van der Waals surface area contributed by atoms with Gasteiger partial charge in [0.25, 0.3) is 0 Å². The lowest BCUT2D eigenvalue weighted by Crippen LogP contribution is -2.47. The number of nitrogens with one attached hydrogen (secondary N) is 1. The van der Waals surface area contributed by atoms with E-state index in [1.165, 1.54) is 30.7 Å². The molecule has 1 aliphatic carbocycles. The molecule has 0 bridgehead atoms. The van der Waals surface area contributed by atoms with Gasteiger partial charge in [0.2, 0.25) is 0 Å². The number of hydrogen-bond donors (Lipinski definition) is 1. The molecule has 1 aromatic carbocycles. The number of aliphatic imine (C=N–C) groups is 1. The van der Waals surface area contributed by atoms with E-state index in [0.717, 1.165) is 18.8 Å². The minimum absolute atomic E-state index is 0.144. The van der Waals surface area contributed by atoms with E-state index in [1.54, 1.807) is 7.11 Å². The van der Waals surface area contributed by atoms with Gasteiger partial charge in [-0.05, 0) is 30.5 Å². The lowest BCUT2D eigenvalue weighted by molar-refractivity contribution is 0.332. The minimum Gasteiger partial charge on any atom is -0.497 e. The van der Waals surface area contributed by atoms with Gasteiger partial charge in [-0.2, -0.15) is 0 Å². The molecule has 90 valence electrons. The number of benzene rings is 1. The predicted molar refractivity (Wildman–Crippen MR) is 68.8 cm³/mol. The van der Waals surface area contributed by atoms with Crippen LogP contribution < -0.4 is 10.1 Å². The van der Waals surface area contributed by atoms with Gasteiger partial charge in [0.05, 0.1) is 19.1 Å². The van der Waals surface area contributed by atoms with Crippen LogP contribution in [0.15, 0.2) is 29.3 Å². The van der Waals surface area contributed by atoms with E-state index in [9.17, 15) is 0 Å². The molecule has 0 atom stereocenters. The molecule has 1 heterocycles. The molecular formula is C14H18N2O. The number of hydrogen-bond acceptors (Lipinski definition) is 3. The molecule has 1 N–H and O–H groups in total. The second-order valence-corrected chi connectivity index (χ2v) is 4.82. The van der Waals surface area contributed by atoms with E-state index in [4.69, 9.17) is 4.74 Å². The van der Waals surface area contributed by atoms with Gasteiger partial charge < -0.3 is 10.1 Å². The average molecular weight is 230 g/mol. The first kappa shape index (κ1) is 10.6. The molecule has 3 nitrogen and oxygen atoms in total. The summed E-state index contributed by atoms with van der Waals surface area (Å²) >= 11 is 0. The van der Waals surface area contributed by atoms with Crippen LogP contribution in [0.4, 0.5) is 0 Å². The molecule has 2 aliphatic rings. The Morgan fingerprint density at radius 3 is 2.82 bits per heavy atom. The standard InChI is InChI=1S/C14H18N2O/c1-17-12-5-2-4-11(10-12)14(6-3-7-14)13-15-8-9-16-13/h2,4-5,10H,3,6-9H2,1H3,(H,15,16). The van der Waals surface area contributed by atoms with Gasteiger partial charge in [-0.25, -0.2) is 0 Å². The highest BCUT2D eigenvalue weighted by Crippen LogP contribution is 2.45. The van der Waals surface area contributed by atoms with Crippen LogP contribution in [0.3, 0.4) is 0 Å². The fourth-order valence-electron chi connectivity index (χ4n) is 2.83. The molecule has 0 aromatic heterocycles. The van der Waals surface area contributed by atoms with Crippen LogP contribution in [0.5, 0.6) is 5.75 Å². The SMILES string of the molecule is COc1cccc(C2(C3=NCCN3)CCC2)c1. The van der Waals surface area contributed by atoms with Gasteiger partial charge in [0, 0.05) is 6.54 Å². The molecule has 0 amide bonds. The van der Waals surface area contributed by atoms with Crippen LogP contribution in [0.1, 0.15) is 24.8 Å². The molecular weight excluding hydrogens is 212 g/mol. The highest BCUT2D eigenvalue weighted by Gasteiger charge is 2.44. The first-order chi connectivity index (χ1) is 8.35. The van der Waals surface area contributed by atoms with E-state index in [2.05, 4.69) is 28.5 Å². The maximum Gasteiger partial charge on any atom is 0.119 e. The van der Waals surface area contributed by atoms with Crippen molar-refractivity contribution in [3.63, 3.8) is 0 Å². The monoisotopic (exact) mass is 230 g/mol. The average Bonchev–Trinajstić information content (AvgIpc) is 2.82. The van der Waals surface area contributed by atoms with Crippen LogP contribution in [0.2, 0.25) is 0 Å². The summed E-state index contributed by atoms with van der Waals surface area (Å²) in [5, 5.41) is 3.44. The van der Waals surface area contributed by atoms with Crippen LogP contribution in [0, 0.1) is 0 Å². The Labute approximate surface area is 102 Å². The van der Waals surface area contributed by atoms with E-state index in [0.29, 0.717) is 0 Å². The molecule has 1 saturated carbocycles. The first-order valence-electron chi connectivity index (χ1n) is 6.28. The second-order valence-electron chi connectivity index (χ2n) is 4.82. The summed E-state index contributed by atoms with van der Waals surface area (Å²) in [6.45, 7) is 1.90. The molecule has 3 rings (SSSR count).